The van der Waals surface area contributed by atoms with Gasteiger partial charge in [0.25, 0.3) is 0 Å². The van der Waals surface area contributed by atoms with Crippen LogP contribution in [-0.2, 0) is 26.6 Å². The van der Waals surface area contributed by atoms with Crippen molar-refractivity contribution in [1.29, 1.82) is 0 Å². The normalized spacial score (nSPS) is 31.4. The zero-order chi connectivity index (χ0) is 23.0. The van der Waals surface area contributed by atoms with Crippen LogP contribution >= 0.6 is 0 Å². The quantitative estimate of drug-likeness (QED) is 0.673. The molecule has 2 aromatic rings. The largest absolute Gasteiger partial charge is 0.369 e. The first-order chi connectivity index (χ1) is 15.7. The molecule has 4 heterocycles. The van der Waals surface area contributed by atoms with Gasteiger partial charge in [0.1, 0.15) is 0 Å². The maximum Gasteiger partial charge on any atom is 0.226 e. The van der Waals surface area contributed by atoms with Crippen molar-refractivity contribution in [1.82, 2.24) is 19.6 Å². The number of benzene rings is 1. The molecule has 2 N–H and O–H groups in total. The van der Waals surface area contributed by atoms with Crippen LogP contribution in [0.4, 0.5) is 0 Å². The fourth-order valence-corrected chi connectivity index (χ4v) is 5.96. The standard InChI is InChI=1S/C25H31N5O3/c1-23(2)8-19(23)22(32)28-13-24(14-28)15-29(12-20(24)21(26)31)25(16-33-25)18-9-27-30(11-18)10-17-6-4-3-5-7-17/h3-7,9,11,19-20H,8,10,12-16H2,1-2H3,(H2,26,31)/t19-,20+,25?/m1/s1. The van der Waals surface area contributed by atoms with Crippen LogP contribution in [-0.4, -0.2) is 64.2 Å². The predicted octanol–water partition coefficient (Wildman–Crippen LogP) is 1.41. The van der Waals surface area contributed by atoms with E-state index in [0.29, 0.717) is 39.3 Å². The summed E-state index contributed by atoms with van der Waals surface area (Å²) in [6.07, 6.45) is 4.85. The predicted molar refractivity (Wildman–Crippen MR) is 121 cm³/mol. The van der Waals surface area contributed by atoms with Crippen molar-refractivity contribution in [3.05, 3.63) is 53.9 Å². The molecule has 3 atom stereocenters. The van der Waals surface area contributed by atoms with E-state index in [1.807, 2.05) is 40.2 Å². The van der Waals surface area contributed by atoms with Gasteiger partial charge in [0.05, 0.1) is 25.3 Å². The average molecular weight is 450 g/mol. The van der Waals surface area contributed by atoms with Gasteiger partial charge in [-0.05, 0) is 17.4 Å². The fourth-order valence-electron chi connectivity index (χ4n) is 5.96. The van der Waals surface area contributed by atoms with Crippen LogP contribution < -0.4 is 5.73 Å². The van der Waals surface area contributed by atoms with E-state index in [1.165, 1.54) is 5.56 Å². The number of primary amides is 1. The highest BCUT2D eigenvalue weighted by Gasteiger charge is 2.65. The molecule has 4 aliphatic rings. The molecule has 1 aromatic heterocycles. The molecule has 0 radical (unpaired) electrons. The molecule has 4 fully saturated rings. The summed E-state index contributed by atoms with van der Waals surface area (Å²) >= 11 is 0. The topological polar surface area (TPSA) is 97.0 Å². The maximum absolute atomic E-state index is 12.8. The summed E-state index contributed by atoms with van der Waals surface area (Å²) in [5.74, 6) is -0.221. The molecule has 6 rings (SSSR count). The summed E-state index contributed by atoms with van der Waals surface area (Å²) in [5, 5.41) is 4.55. The molecule has 1 saturated carbocycles. The van der Waals surface area contributed by atoms with Gasteiger partial charge in [-0.1, -0.05) is 44.2 Å². The molecule has 8 nitrogen and oxygen atoms in total. The summed E-state index contributed by atoms with van der Waals surface area (Å²) in [6.45, 7) is 8.00. The summed E-state index contributed by atoms with van der Waals surface area (Å²) < 4.78 is 7.93. The highest BCUT2D eigenvalue weighted by Crippen LogP contribution is 2.56. The third kappa shape index (κ3) is 3.30. The molecule has 8 heteroatoms. The number of carbonyl (C=O) groups excluding carboxylic acids is 2. The maximum atomic E-state index is 12.8. The van der Waals surface area contributed by atoms with Crippen LogP contribution in [0, 0.1) is 22.7 Å². The van der Waals surface area contributed by atoms with Crippen LogP contribution in [0.3, 0.4) is 0 Å². The highest BCUT2D eigenvalue weighted by atomic mass is 16.6. The molecule has 3 aliphatic heterocycles. The van der Waals surface area contributed by atoms with Crippen LogP contribution in [0.1, 0.15) is 31.4 Å². The first kappa shape index (κ1) is 20.9. The lowest BCUT2D eigenvalue weighted by molar-refractivity contribution is -0.151. The Morgan fingerprint density at radius 3 is 2.45 bits per heavy atom. The lowest BCUT2D eigenvalue weighted by Gasteiger charge is -2.50. The van der Waals surface area contributed by atoms with Crippen molar-refractivity contribution in [3.63, 3.8) is 0 Å². The molecule has 2 amide bonds. The first-order valence-electron chi connectivity index (χ1n) is 11.8. The van der Waals surface area contributed by atoms with E-state index >= 15 is 0 Å². The van der Waals surface area contributed by atoms with E-state index < -0.39 is 5.72 Å². The smallest absolute Gasteiger partial charge is 0.226 e. The monoisotopic (exact) mass is 449 g/mol. The number of nitrogens with zero attached hydrogens (tertiary/aromatic N) is 4. The van der Waals surface area contributed by atoms with E-state index in [9.17, 15) is 9.59 Å². The van der Waals surface area contributed by atoms with Gasteiger partial charge >= 0.3 is 0 Å². The Bertz CT molecular complexity index is 1100. The van der Waals surface area contributed by atoms with E-state index in [4.69, 9.17) is 10.5 Å². The SMILES string of the molecule is CC1(C)C[C@@H]1C(=O)N1CC2(C1)CN(C1(c3cnn(Cc4ccccc4)c3)CO1)C[C@H]2C(N)=O. The second-order valence-electron chi connectivity index (χ2n) is 11.1. The van der Waals surface area contributed by atoms with E-state index in [2.05, 4.69) is 36.0 Å². The van der Waals surface area contributed by atoms with Crippen molar-refractivity contribution in [3.8, 4) is 0 Å². The number of rotatable bonds is 6. The number of hydrogen-bond acceptors (Lipinski definition) is 5. The van der Waals surface area contributed by atoms with Gasteiger partial charge in [0, 0.05) is 49.3 Å². The zero-order valence-electron chi connectivity index (χ0n) is 19.2. The number of nitrogens with two attached hydrogens (primary N) is 1. The van der Waals surface area contributed by atoms with Gasteiger partial charge in [-0.15, -0.1) is 0 Å². The zero-order valence-corrected chi connectivity index (χ0v) is 19.2. The Balaban J connectivity index is 1.17. The summed E-state index contributed by atoms with van der Waals surface area (Å²) in [4.78, 5) is 29.4. The van der Waals surface area contributed by atoms with E-state index in [0.717, 1.165) is 12.0 Å². The van der Waals surface area contributed by atoms with E-state index in [-0.39, 0.29) is 34.5 Å². The third-order valence-electron chi connectivity index (χ3n) is 8.33. The molecular weight excluding hydrogens is 418 g/mol. The van der Waals surface area contributed by atoms with Crippen LogP contribution in [0.2, 0.25) is 0 Å². The minimum Gasteiger partial charge on any atom is -0.369 e. The van der Waals surface area contributed by atoms with Crippen molar-refractivity contribution in [2.24, 2.45) is 28.4 Å². The number of amides is 2. The second-order valence-corrected chi connectivity index (χ2v) is 11.1. The highest BCUT2D eigenvalue weighted by molar-refractivity contribution is 5.84. The molecule has 3 saturated heterocycles. The molecule has 0 bridgehead atoms. The first-order valence-corrected chi connectivity index (χ1v) is 11.8. The molecule has 1 unspecified atom stereocenters. The van der Waals surface area contributed by atoms with Crippen molar-refractivity contribution in [2.75, 3.05) is 32.8 Å². The van der Waals surface area contributed by atoms with Crippen LogP contribution in [0.5, 0.6) is 0 Å². The molecule has 1 aromatic carbocycles. The van der Waals surface area contributed by atoms with Gasteiger partial charge in [-0.2, -0.15) is 5.10 Å². The fraction of sp³-hybridized carbons (Fsp3) is 0.560. The molecule has 174 valence electrons. The van der Waals surface area contributed by atoms with E-state index in [1.54, 1.807) is 0 Å². The number of epoxide rings is 1. The number of aromatic nitrogens is 2. The third-order valence-corrected chi connectivity index (χ3v) is 8.33. The summed E-state index contributed by atoms with van der Waals surface area (Å²) in [7, 11) is 0. The Morgan fingerprint density at radius 1 is 1.15 bits per heavy atom. The van der Waals surface area contributed by atoms with Gasteiger partial charge in [-0.25, -0.2) is 0 Å². The minimum absolute atomic E-state index is 0.108. The Morgan fingerprint density at radius 2 is 1.85 bits per heavy atom. The Hall–Kier alpha value is -2.71. The van der Waals surface area contributed by atoms with Crippen molar-refractivity contribution < 1.29 is 14.3 Å². The number of hydrogen-bond donors (Lipinski definition) is 1. The van der Waals surface area contributed by atoms with Crippen molar-refractivity contribution >= 4 is 11.8 Å². The average Bonchev–Trinajstić information content (AvgIpc) is 3.55. The van der Waals surface area contributed by atoms with Gasteiger partial charge in [0.15, 0.2) is 5.72 Å². The molecule has 1 aliphatic carbocycles. The minimum atomic E-state index is -0.547. The lowest BCUT2D eigenvalue weighted by Crippen LogP contribution is -2.64. The number of likely N-dealkylation sites (tertiary alicyclic amines) is 2. The number of ether oxygens (including phenoxy) is 1. The number of carbonyl (C=O) groups is 2. The van der Waals surface area contributed by atoms with Gasteiger partial charge < -0.3 is 15.4 Å². The van der Waals surface area contributed by atoms with Gasteiger partial charge in [-0.3, -0.25) is 19.2 Å². The molecule has 33 heavy (non-hydrogen) atoms. The van der Waals surface area contributed by atoms with Gasteiger partial charge in [0.2, 0.25) is 11.8 Å². The van der Waals surface area contributed by atoms with Crippen LogP contribution in [0.15, 0.2) is 42.7 Å². The van der Waals surface area contributed by atoms with Crippen LogP contribution in [0.25, 0.3) is 0 Å². The second kappa shape index (κ2) is 6.90. The Kier molecular flexibility index (Phi) is 4.36. The molecule has 1 spiro atoms. The molecular formula is C25H31N5O3. The summed E-state index contributed by atoms with van der Waals surface area (Å²) in [5.41, 5.74) is 7.32. The lowest BCUT2D eigenvalue weighted by atomic mass is 9.71. The Labute approximate surface area is 193 Å². The van der Waals surface area contributed by atoms with Crippen molar-refractivity contribution in [2.45, 2.75) is 32.5 Å². The summed E-state index contributed by atoms with van der Waals surface area (Å²) in [6, 6.07) is 10.2.